The van der Waals surface area contributed by atoms with Crippen molar-refractivity contribution in [3.63, 3.8) is 0 Å². The molecule has 3 heteroatoms. The van der Waals surface area contributed by atoms with Crippen LogP contribution in [0, 0.1) is 0 Å². The number of fused-ring (bicyclic) bond motifs is 1. The number of thiazole rings is 1. The molecule has 2 nitrogen and oxygen atoms in total. The third kappa shape index (κ3) is 1.86. The Morgan fingerprint density at radius 2 is 2.06 bits per heavy atom. The van der Waals surface area contributed by atoms with Gasteiger partial charge in [0.15, 0.2) is 0 Å². The predicted molar refractivity (Wildman–Crippen MR) is 78.3 cm³/mol. The van der Waals surface area contributed by atoms with Gasteiger partial charge in [-0.1, -0.05) is 26.8 Å². The number of hydrogen-bond donors (Lipinski definition) is 1. The molecule has 18 heavy (non-hydrogen) atoms. The van der Waals surface area contributed by atoms with Crippen LogP contribution in [-0.2, 0) is 10.8 Å². The lowest BCUT2D eigenvalue weighted by molar-refractivity contribution is 0.587. The molecule has 2 N–H and O–H groups in total. The minimum absolute atomic E-state index is 0.134. The fraction of sp³-hybridized carbons (Fsp3) is 0.533. The van der Waals surface area contributed by atoms with E-state index in [1.807, 2.05) is 11.3 Å². The second kappa shape index (κ2) is 3.78. The Hall–Kier alpha value is -0.930. The van der Waals surface area contributed by atoms with Crippen LogP contribution in [0.5, 0.6) is 0 Å². The van der Waals surface area contributed by atoms with E-state index in [1.54, 1.807) is 0 Å². The molecule has 0 radical (unpaired) electrons. The van der Waals surface area contributed by atoms with Crippen LogP contribution in [0.15, 0.2) is 18.2 Å². The lowest BCUT2D eigenvalue weighted by Gasteiger charge is -2.13. The van der Waals surface area contributed by atoms with E-state index < -0.39 is 0 Å². The third-order valence-electron chi connectivity index (χ3n) is 3.89. The summed E-state index contributed by atoms with van der Waals surface area (Å²) in [6, 6.07) is 6.68. The van der Waals surface area contributed by atoms with Crippen molar-refractivity contribution in [1.82, 2.24) is 4.98 Å². The Labute approximate surface area is 112 Å². The zero-order valence-electron chi connectivity index (χ0n) is 11.3. The Morgan fingerprint density at radius 3 is 2.61 bits per heavy atom. The van der Waals surface area contributed by atoms with Crippen LogP contribution >= 0.6 is 11.3 Å². The smallest absolute Gasteiger partial charge is 0.0992 e. The quantitative estimate of drug-likeness (QED) is 0.896. The zero-order valence-corrected chi connectivity index (χ0v) is 12.1. The number of nitrogens with zero attached hydrogens (tertiary/aromatic N) is 1. The molecule has 0 bridgehead atoms. The first-order chi connectivity index (χ1) is 8.44. The van der Waals surface area contributed by atoms with Gasteiger partial charge in [0.2, 0.25) is 0 Å². The van der Waals surface area contributed by atoms with E-state index in [9.17, 15) is 0 Å². The van der Waals surface area contributed by atoms with Gasteiger partial charge in [0.1, 0.15) is 0 Å². The van der Waals surface area contributed by atoms with E-state index in [0.717, 1.165) is 12.1 Å². The van der Waals surface area contributed by atoms with E-state index in [4.69, 9.17) is 10.7 Å². The summed E-state index contributed by atoms with van der Waals surface area (Å²) in [5, 5.41) is 1.22. The maximum atomic E-state index is 5.91. The van der Waals surface area contributed by atoms with Gasteiger partial charge in [0, 0.05) is 17.4 Å². The second-order valence-corrected chi connectivity index (χ2v) is 7.47. The molecule has 0 atom stereocenters. The highest BCUT2D eigenvalue weighted by Gasteiger charge is 2.42. The highest BCUT2D eigenvalue weighted by Crippen LogP contribution is 2.48. The molecule has 0 amide bonds. The number of benzene rings is 1. The average Bonchev–Trinajstić information content (AvgIpc) is 2.99. The molecule has 0 aliphatic heterocycles. The molecule has 1 aliphatic rings. The molecule has 0 saturated heterocycles. The first-order valence-electron chi connectivity index (χ1n) is 6.56. The lowest BCUT2D eigenvalue weighted by atomic mass is 9.96. The Morgan fingerprint density at radius 1 is 1.33 bits per heavy atom. The van der Waals surface area contributed by atoms with Crippen LogP contribution in [0.25, 0.3) is 10.2 Å². The van der Waals surface area contributed by atoms with E-state index in [1.165, 1.54) is 28.1 Å². The molecule has 96 valence electrons. The first-order valence-corrected chi connectivity index (χ1v) is 7.38. The van der Waals surface area contributed by atoms with Crippen molar-refractivity contribution in [2.75, 3.05) is 6.54 Å². The van der Waals surface area contributed by atoms with Crippen LogP contribution < -0.4 is 5.73 Å². The molecule has 1 fully saturated rings. The van der Waals surface area contributed by atoms with Crippen molar-refractivity contribution in [2.45, 2.75) is 44.4 Å². The summed E-state index contributed by atoms with van der Waals surface area (Å²) in [4.78, 5) is 4.74. The fourth-order valence-electron chi connectivity index (χ4n) is 2.34. The van der Waals surface area contributed by atoms with Crippen molar-refractivity contribution >= 4 is 21.6 Å². The van der Waals surface area contributed by atoms with Crippen molar-refractivity contribution in [3.8, 4) is 0 Å². The molecule has 0 unspecified atom stereocenters. The van der Waals surface area contributed by atoms with Gasteiger partial charge in [0.05, 0.1) is 15.2 Å². The summed E-state index contributed by atoms with van der Waals surface area (Å²) < 4.78 is 1.30. The monoisotopic (exact) mass is 260 g/mol. The summed E-state index contributed by atoms with van der Waals surface area (Å²) in [6.07, 6.45) is 2.47. The highest BCUT2D eigenvalue weighted by molar-refractivity contribution is 7.18. The van der Waals surface area contributed by atoms with Crippen LogP contribution in [-0.4, -0.2) is 11.5 Å². The maximum absolute atomic E-state index is 5.91. The van der Waals surface area contributed by atoms with Crippen molar-refractivity contribution in [3.05, 3.63) is 28.8 Å². The molecule has 2 aromatic rings. The van der Waals surface area contributed by atoms with Gasteiger partial charge in [-0.15, -0.1) is 11.3 Å². The standard InChI is InChI=1S/C15H20N2S/c1-14(2,3)13-17-11-5-4-10(8-12(11)18-13)15(9-16)6-7-15/h4-5,8H,6-7,9,16H2,1-3H3. The van der Waals surface area contributed by atoms with Crippen LogP contribution in [0.1, 0.15) is 44.2 Å². The molecule has 1 aromatic carbocycles. The van der Waals surface area contributed by atoms with Crippen molar-refractivity contribution in [1.29, 1.82) is 0 Å². The molecule has 1 saturated carbocycles. The van der Waals surface area contributed by atoms with Crippen molar-refractivity contribution in [2.24, 2.45) is 5.73 Å². The van der Waals surface area contributed by atoms with E-state index in [-0.39, 0.29) is 10.8 Å². The molecular weight excluding hydrogens is 240 g/mol. The van der Waals surface area contributed by atoms with Crippen LogP contribution in [0.4, 0.5) is 0 Å². The molecule has 3 rings (SSSR count). The predicted octanol–water partition coefficient (Wildman–Crippen LogP) is 3.58. The minimum atomic E-state index is 0.134. The molecular formula is C15H20N2S. The Kier molecular flexibility index (Phi) is 2.55. The first kappa shape index (κ1) is 12.1. The summed E-state index contributed by atoms with van der Waals surface area (Å²) in [7, 11) is 0. The Balaban J connectivity index is 2.08. The molecule has 1 heterocycles. The summed E-state index contributed by atoms with van der Waals surface area (Å²) in [5.74, 6) is 0. The number of hydrogen-bond acceptors (Lipinski definition) is 3. The second-order valence-electron chi connectivity index (χ2n) is 6.44. The lowest BCUT2D eigenvalue weighted by Crippen LogP contribution is -2.19. The number of rotatable bonds is 2. The van der Waals surface area contributed by atoms with Gasteiger partial charge in [-0.25, -0.2) is 4.98 Å². The van der Waals surface area contributed by atoms with Gasteiger partial charge in [0.25, 0.3) is 0 Å². The molecule has 1 aliphatic carbocycles. The van der Waals surface area contributed by atoms with E-state index in [2.05, 4.69) is 39.0 Å². The van der Waals surface area contributed by atoms with Crippen molar-refractivity contribution < 1.29 is 0 Å². The van der Waals surface area contributed by atoms with Crippen LogP contribution in [0.2, 0.25) is 0 Å². The number of nitrogens with two attached hydrogens (primary N) is 1. The number of aromatic nitrogens is 1. The largest absolute Gasteiger partial charge is 0.330 e. The van der Waals surface area contributed by atoms with Gasteiger partial charge in [-0.05, 0) is 30.5 Å². The summed E-state index contributed by atoms with van der Waals surface area (Å²) in [6.45, 7) is 7.42. The molecule has 0 spiro atoms. The maximum Gasteiger partial charge on any atom is 0.0992 e. The summed E-state index contributed by atoms with van der Waals surface area (Å²) >= 11 is 1.82. The summed E-state index contributed by atoms with van der Waals surface area (Å²) in [5.41, 5.74) is 8.85. The van der Waals surface area contributed by atoms with Gasteiger partial charge in [-0.2, -0.15) is 0 Å². The van der Waals surface area contributed by atoms with Gasteiger partial charge < -0.3 is 5.73 Å². The topological polar surface area (TPSA) is 38.9 Å². The molecule has 1 aromatic heterocycles. The zero-order chi connectivity index (χ0) is 13.0. The van der Waals surface area contributed by atoms with Crippen LogP contribution in [0.3, 0.4) is 0 Å². The average molecular weight is 260 g/mol. The highest BCUT2D eigenvalue weighted by atomic mass is 32.1. The van der Waals surface area contributed by atoms with E-state index >= 15 is 0 Å². The normalized spacial score (nSPS) is 18.2. The minimum Gasteiger partial charge on any atom is -0.330 e. The van der Waals surface area contributed by atoms with Gasteiger partial charge >= 0.3 is 0 Å². The van der Waals surface area contributed by atoms with E-state index in [0.29, 0.717) is 0 Å². The third-order valence-corrected chi connectivity index (χ3v) is 5.33. The fourth-order valence-corrected chi connectivity index (χ4v) is 3.40. The Bertz CT molecular complexity index is 588. The SMILES string of the molecule is CC(C)(C)c1nc2ccc(C3(CN)CC3)cc2s1. The van der Waals surface area contributed by atoms with Gasteiger partial charge in [-0.3, -0.25) is 0 Å².